The van der Waals surface area contributed by atoms with Gasteiger partial charge in [0.2, 0.25) is 0 Å². The molecule has 0 aliphatic rings. The minimum absolute atomic E-state index is 0.326. The number of hydrogen-bond acceptors (Lipinski definition) is 1. The van der Waals surface area contributed by atoms with E-state index in [9.17, 15) is 4.39 Å². The van der Waals surface area contributed by atoms with Gasteiger partial charge in [0.05, 0.1) is 0 Å². The Bertz CT molecular complexity index is 869. The smallest absolute Gasteiger partial charge is 0.124 e. The molecule has 3 aromatic rings. The molecule has 0 saturated carbocycles. The fourth-order valence-corrected chi connectivity index (χ4v) is 3.12. The van der Waals surface area contributed by atoms with E-state index < -0.39 is 0 Å². The highest BCUT2D eigenvalue weighted by Gasteiger charge is 2.09. The van der Waals surface area contributed by atoms with Crippen molar-refractivity contribution in [3.8, 4) is 5.75 Å². The Morgan fingerprint density at radius 1 is 0.880 bits per heavy atom. The Balaban J connectivity index is 1.81. The molecule has 0 aromatic heterocycles. The molecule has 0 spiro atoms. The Labute approximate surface area is 153 Å². The predicted octanol–water partition coefficient (Wildman–Crippen LogP) is 6.27. The van der Waals surface area contributed by atoms with Gasteiger partial charge in [-0.15, -0.1) is 0 Å². The monoisotopic (exact) mass is 354 g/mol. The summed E-state index contributed by atoms with van der Waals surface area (Å²) in [5.74, 6) is 0.499. The zero-order valence-electron chi connectivity index (χ0n) is 14.4. The number of halogens is 2. The molecule has 0 aliphatic heterocycles. The van der Waals surface area contributed by atoms with Crippen molar-refractivity contribution in [2.24, 2.45) is 0 Å². The molecule has 1 nitrogen and oxygen atoms in total. The van der Waals surface area contributed by atoms with Crippen molar-refractivity contribution < 1.29 is 9.13 Å². The van der Waals surface area contributed by atoms with Crippen molar-refractivity contribution in [1.82, 2.24) is 0 Å². The van der Waals surface area contributed by atoms with Crippen LogP contribution in [0.2, 0.25) is 5.02 Å². The first-order valence-corrected chi connectivity index (χ1v) is 8.62. The molecule has 0 saturated heterocycles. The molecule has 0 atom stereocenters. The quantitative estimate of drug-likeness (QED) is 0.525. The Morgan fingerprint density at radius 2 is 1.60 bits per heavy atom. The van der Waals surface area contributed by atoms with Gasteiger partial charge >= 0.3 is 0 Å². The number of rotatable bonds is 5. The van der Waals surface area contributed by atoms with E-state index in [4.69, 9.17) is 16.3 Å². The van der Waals surface area contributed by atoms with Crippen LogP contribution >= 0.6 is 11.6 Å². The SMILES string of the molecule is Cc1cccc(C)c1COc1ccccc1Cc1ccc(F)cc1Cl. The second kappa shape index (κ2) is 7.71. The molecule has 0 aliphatic carbocycles. The lowest BCUT2D eigenvalue weighted by Gasteiger charge is -2.15. The lowest BCUT2D eigenvalue weighted by atomic mass is 10.0. The van der Waals surface area contributed by atoms with Crippen LogP contribution in [0.15, 0.2) is 60.7 Å². The summed E-state index contributed by atoms with van der Waals surface area (Å²) in [7, 11) is 0. The van der Waals surface area contributed by atoms with Gasteiger partial charge in [0.1, 0.15) is 18.2 Å². The van der Waals surface area contributed by atoms with Gasteiger partial charge < -0.3 is 4.74 Å². The van der Waals surface area contributed by atoms with Crippen LogP contribution in [0.5, 0.6) is 5.75 Å². The van der Waals surface area contributed by atoms with Crippen LogP contribution in [0.25, 0.3) is 0 Å². The molecule has 0 bridgehead atoms. The van der Waals surface area contributed by atoms with Crippen molar-refractivity contribution in [2.75, 3.05) is 0 Å². The summed E-state index contributed by atoms with van der Waals surface area (Å²) in [4.78, 5) is 0. The van der Waals surface area contributed by atoms with Gasteiger partial charge in [-0.1, -0.05) is 54.1 Å². The highest BCUT2D eigenvalue weighted by atomic mass is 35.5. The molecular formula is C22H20ClFO. The first-order chi connectivity index (χ1) is 12.0. The van der Waals surface area contributed by atoms with Crippen molar-refractivity contribution in [2.45, 2.75) is 26.9 Å². The summed E-state index contributed by atoms with van der Waals surface area (Å²) < 4.78 is 19.3. The van der Waals surface area contributed by atoms with Gasteiger partial charge in [0, 0.05) is 11.4 Å². The zero-order chi connectivity index (χ0) is 17.8. The van der Waals surface area contributed by atoms with Crippen LogP contribution < -0.4 is 4.74 Å². The summed E-state index contributed by atoms with van der Waals surface area (Å²) in [5, 5.41) is 0.435. The van der Waals surface area contributed by atoms with Crippen LogP contribution in [0, 0.1) is 19.7 Å². The van der Waals surface area contributed by atoms with Gasteiger partial charge in [-0.3, -0.25) is 0 Å². The third-order valence-corrected chi connectivity index (χ3v) is 4.74. The third kappa shape index (κ3) is 4.21. The van der Waals surface area contributed by atoms with E-state index in [1.54, 1.807) is 6.07 Å². The van der Waals surface area contributed by atoms with Crippen molar-refractivity contribution >= 4 is 11.6 Å². The molecule has 3 heteroatoms. The summed E-state index contributed by atoms with van der Waals surface area (Å²) in [6.07, 6.45) is 0.599. The summed E-state index contributed by atoms with van der Waals surface area (Å²) >= 11 is 6.17. The van der Waals surface area contributed by atoms with E-state index in [1.807, 2.05) is 24.3 Å². The topological polar surface area (TPSA) is 9.23 Å². The first kappa shape index (κ1) is 17.5. The first-order valence-electron chi connectivity index (χ1n) is 8.24. The highest BCUT2D eigenvalue weighted by Crippen LogP contribution is 2.27. The lowest BCUT2D eigenvalue weighted by molar-refractivity contribution is 0.302. The molecule has 25 heavy (non-hydrogen) atoms. The average Bonchev–Trinajstić information content (AvgIpc) is 2.58. The van der Waals surface area contributed by atoms with Crippen LogP contribution in [-0.4, -0.2) is 0 Å². The molecule has 0 amide bonds. The van der Waals surface area contributed by atoms with Crippen molar-refractivity contribution in [3.63, 3.8) is 0 Å². The largest absolute Gasteiger partial charge is 0.489 e. The van der Waals surface area contributed by atoms with E-state index in [-0.39, 0.29) is 5.82 Å². The number of aryl methyl sites for hydroxylation is 2. The van der Waals surface area contributed by atoms with Crippen molar-refractivity contribution in [3.05, 3.63) is 99.3 Å². The second-order valence-corrected chi connectivity index (χ2v) is 6.59. The predicted molar refractivity (Wildman–Crippen MR) is 101 cm³/mol. The Kier molecular flexibility index (Phi) is 5.40. The summed E-state index contributed by atoms with van der Waals surface area (Å²) in [6.45, 7) is 4.71. The maximum Gasteiger partial charge on any atom is 0.124 e. The van der Waals surface area contributed by atoms with Gasteiger partial charge in [0.25, 0.3) is 0 Å². The van der Waals surface area contributed by atoms with Crippen LogP contribution in [-0.2, 0) is 13.0 Å². The maximum atomic E-state index is 13.2. The normalized spacial score (nSPS) is 10.7. The Hall–Kier alpha value is -2.32. The minimum Gasteiger partial charge on any atom is -0.489 e. The molecule has 0 N–H and O–H groups in total. The van der Waals surface area contributed by atoms with Gasteiger partial charge in [-0.2, -0.15) is 0 Å². The number of para-hydroxylation sites is 1. The average molecular weight is 355 g/mol. The standard InChI is InChI=1S/C22H20ClFO/c1-15-6-5-7-16(2)20(15)14-25-22-9-4-3-8-18(22)12-17-10-11-19(24)13-21(17)23/h3-11,13H,12,14H2,1-2H3. The molecule has 3 rings (SSSR count). The van der Waals surface area contributed by atoms with Gasteiger partial charge in [-0.25, -0.2) is 4.39 Å². The molecule has 128 valence electrons. The van der Waals surface area contributed by atoms with E-state index in [1.165, 1.54) is 28.8 Å². The van der Waals surface area contributed by atoms with E-state index in [0.29, 0.717) is 18.1 Å². The van der Waals surface area contributed by atoms with Crippen LogP contribution in [0.1, 0.15) is 27.8 Å². The molecular weight excluding hydrogens is 335 g/mol. The fourth-order valence-electron chi connectivity index (χ4n) is 2.89. The minimum atomic E-state index is -0.326. The van der Waals surface area contributed by atoms with Gasteiger partial charge in [0.15, 0.2) is 0 Å². The summed E-state index contributed by atoms with van der Waals surface area (Å²) in [6, 6.07) is 18.6. The molecule has 0 fully saturated rings. The zero-order valence-corrected chi connectivity index (χ0v) is 15.1. The maximum absolute atomic E-state index is 13.2. The molecule has 0 heterocycles. The van der Waals surface area contributed by atoms with Crippen LogP contribution in [0.3, 0.4) is 0 Å². The van der Waals surface area contributed by atoms with Crippen molar-refractivity contribution in [1.29, 1.82) is 0 Å². The van der Waals surface area contributed by atoms with E-state index >= 15 is 0 Å². The number of ether oxygens (including phenoxy) is 1. The lowest BCUT2D eigenvalue weighted by Crippen LogP contribution is -2.03. The molecule has 0 unspecified atom stereocenters. The van der Waals surface area contributed by atoms with Gasteiger partial charge in [-0.05, 0) is 59.9 Å². The van der Waals surface area contributed by atoms with E-state index in [2.05, 4.69) is 32.0 Å². The van der Waals surface area contributed by atoms with Crippen LogP contribution in [0.4, 0.5) is 4.39 Å². The summed E-state index contributed by atoms with van der Waals surface area (Å²) in [5.41, 5.74) is 5.56. The molecule has 0 radical (unpaired) electrons. The third-order valence-electron chi connectivity index (χ3n) is 4.39. The highest BCUT2D eigenvalue weighted by molar-refractivity contribution is 6.31. The fraction of sp³-hybridized carbons (Fsp3) is 0.182. The number of hydrogen-bond donors (Lipinski definition) is 0. The van der Waals surface area contributed by atoms with E-state index in [0.717, 1.165) is 16.9 Å². The molecule has 3 aromatic carbocycles. The number of benzene rings is 3. The Morgan fingerprint density at radius 3 is 2.32 bits per heavy atom. The second-order valence-electron chi connectivity index (χ2n) is 6.18.